The first-order valence-corrected chi connectivity index (χ1v) is 10.7. The maximum absolute atomic E-state index is 12.9. The van der Waals surface area contributed by atoms with Crippen molar-refractivity contribution in [2.75, 3.05) is 31.1 Å². The van der Waals surface area contributed by atoms with Gasteiger partial charge in [0.15, 0.2) is 5.03 Å². The number of sulfonamides is 1. The zero-order chi connectivity index (χ0) is 21.0. The van der Waals surface area contributed by atoms with Gasteiger partial charge in [0.1, 0.15) is 11.5 Å². The van der Waals surface area contributed by atoms with Crippen molar-refractivity contribution in [1.82, 2.24) is 23.8 Å². The summed E-state index contributed by atoms with van der Waals surface area (Å²) in [7, 11) is -3.70. The first-order chi connectivity index (χ1) is 13.6. The fraction of sp³-hybridized carbons (Fsp3) is 0.588. The third-order valence-corrected chi connectivity index (χ3v) is 7.27. The van der Waals surface area contributed by atoms with Gasteiger partial charge in [-0.05, 0) is 31.7 Å². The molecule has 2 aromatic rings. The highest BCUT2D eigenvalue weighted by molar-refractivity contribution is 7.89. The van der Waals surface area contributed by atoms with Crippen molar-refractivity contribution >= 4 is 16.0 Å². The maximum Gasteiger partial charge on any atom is 0.433 e. The van der Waals surface area contributed by atoms with Crippen LogP contribution < -0.4 is 4.90 Å². The number of hydrogen-bond acceptors (Lipinski definition) is 6. The van der Waals surface area contributed by atoms with E-state index in [0.29, 0.717) is 38.5 Å². The number of alkyl halides is 3. The number of hydrogen-bond donors (Lipinski definition) is 0. The summed E-state index contributed by atoms with van der Waals surface area (Å²) in [6.07, 6.45) is -1.89. The number of rotatable bonds is 4. The van der Waals surface area contributed by atoms with E-state index >= 15 is 0 Å². The Balaban J connectivity index is 1.48. The number of imidazole rings is 1. The highest BCUT2D eigenvalue weighted by Crippen LogP contribution is 2.36. The number of aromatic nitrogens is 4. The molecule has 4 heterocycles. The number of nitrogens with zero attached hydrogens (tertiary/aromatic N) is 6. The molecule has 158 valence electrons. The van der Waals surface area contributed by atoms with Crippen molar-refractivity contribution < 1.29 is 21.6 Å². The van der Waals surface area contributed by atoms with Crippen LogP contribution in [0.1, 0.15) is 18.4 Å². The smallest absolute Gasteiger partial charge is 0.340 e. The van der Waals surface area contributed by atoms with Gasteiger partial charge >= 0.3 is 6.18 Å². The molecule has 0 saturated carbocycles. The fourth-order valence-corrected chi connectivity index (χ4v) is 5.57. The van der Waals surface area contributed by atoms with E-state index in [1.54, 1.807) is 22.6 Å². The van der Waals surface area contributed by atoms with E-state index < -0.39 is 21.9 Å². The Hall–Kier alpha value is -2.21. The van der Waals surface area contributed by atoms with Crippen molar-refractivity contribution in [3.8, 4) is 0 Å². The van der Waals surface area contributed by atoms with Gasteiger partial charge in [0.25, 0.3) is 10.0 Å². The summed E-state index contributed by atoms with van der Waals surface area (Å²) < 4.78 is 67.8. The first-order valence-electron chi connectivity index (χ1n) is 9.28. The third-order valence-electron chi connectivity index (χ3n) is 5.57. The lowest BCUT2D eigenvalue weighted by Gasteiger charge is -2.21. The molecule has 0 radical (unpaired) electrons. The van der Waals surface area contributed by atoms with Crippen LogP contribution in [0.3, 0.4) is 0 Å². The fourth-order valence-electron chi connectivity index (χ4n) is 4.02. The SMILES string of the molecule is CCn1cc(S(=O)(=O)N2CC3CN(c4nccc(C(F)(F)F)n4)CC3C2)nc1C. The van der Waals surface area contributed by atoms with Gasteiger partial charge in [-0.3, -0.25) is 0 Å². The zero-order valence-corrected chi connectivity index (χ0v) is 16.8. The summed E-state index contributed by atoms with van der Waals surface area (Å²) in [5, 5.41) is 0.0369. The van der Waals surface area contributed by atoms with Crippen LogP contribution in [0.25, 0.3) is 0 Å². The molecule has 0 N–H and O–H groups in total. The standard InChI is InChI=1S/C17H21F3N6O2S/c1-3-24-10-15(22-11(24)2)29(27,28)26-8-12-6-25(7-13(12)9-26)16-21-5-4-14(23-16)17(18,19)20/h4-5,10,12-13H,3,6-9H2,1-2H3. The zero-order valence-electron chi connectivity index (χ0n) is 16.0. The Labute approximate surface area is 166 Å². The topological polar surface area (TPSA) is 84.2 Å². The molecule has 2 aliphatic rings. The van der Waals surface area contributed by atoms with Gasteiger partial charge in [-0.15, -0.1) is 0 Å². The Morgan fingerprint density at radius 2 is 1.79 bits per heavy atom. The lowest BCUT2D eigenvalue weighted by atomic mass is 10.0. The molecule has 8 nitrogen and oxygen atoms in total. The Morgan fingerprint density at radius 1 is 1.14 bits per heavy atom. The summed E-state index contributed by atoms with van der Waals surface area (Å²) >= 11 is 0. The molecule has 4 rings (SSSR count). The van der Waals surface area contributed by atoms with Crippen molar-refractivity contribution in [3.63, 3.8) is 0 Å². The third kappa shape index (κ3) is 3.59. The monoisotopic (exact) mass is 430 g/mol. The van der Waals surface area contributed by atoms with Crippen LogP contribution in [0.15, 0.2) is 23.5 Å². The molecule has 0 aliphatic carbocycles. The molecule has 2 aliphatic heterocycles. The normalized spacial score (nSPS) is 23.0. The van der Waals surface area contributed by atoms with Gasteiger partial charge in [0.2, 0.25) is 5.95 Å². The van der Waals surface area contributed by atoms with Crippen molar-refractivity contribution in [2.45, 2.75) is 31.6 Å². The predicted octanol–water partition coefficient (Wildman–Crippen LogP) is 1.78. The van der Waals surface area contributed by atoms with E-state index in [-0.39, 0.29) is 22.8 Å². The van der Waals surface area contributed by atoms with Crippen LogP contribution in [0.4, 0.5) is 19.1 Å². The second kappa shape index (κ2) is 6.94. The highest BCUT2D eigenvalue weighted by Gasteiger charge is 2.46. The minimum atomic E-state index is -4.53. The van der Waals surface area contributed by atoms with Gasteiger partial charge in [-0.2, -0.15) is 17.5 Å². The molecule has 2 unspecified atom stereocenters. The summed E-state index contributed by atoms with van der Waals surface area (Å²) in [5.41, 5.74) is -0.981. The van der Waals surface area contributed by atoms with Crippen molar-refractivity contribution in [2.24, 2.45) is 11.8 Å². The lowest BCUT2D eigenvalue weighted by Crippen LogP contribution is -2.34. The van der Waals surface area contributed by atoms with Gasteiger partial charge in [0, 0.05) is 45.1 Å². The highest BCUT2D eigenvalue weighted by atomic mass is 32.2. The van der Waals surface area contributed by atoms with Crippen molar-refractivity contribution in [1.29, 1.82) is 0 Å². The van der Waals surface area contributed by atoms with Crippen LogP contribution >= 0.6 is 0 Å². The van der Waals surface area contributed by atoms with Gasteiger partial charge in [0.05, 0.1) is 0 Å². The van der Waals surface area contributed by atoms with Crippen LogP contribution in [0, 0.1) is 18.8 Å². The number of anilines is 1. The Bertz CT molecular complexity index is 1010. The van der Waals surface area contributed by atoms with Gasteiger partial charge in [-0.25, -0.2) is 23.4 Å². The predicted molar refractivity (Wildman–Crippen MR) is 97.6 cm³/mol. The molecule has 12 heteroatoms. The minimum Gasteiger partial charge on any atom is -0.340 e. The quantitative estimate of drug-likeness (QED) is 0.735. The molecular weight excluding hydrogens is 409 g/mol. The molecule has 2 atom stereocenters. The lowest BCUT2D eigenvalue weighted by molar-refractivity contribution is -0.141. The molecule has 2 saturated heterocycles. The van der Waals surface area contributed by atoms with E-state index in [4.69, 9.17) is 0 Å². The van der Waals surface area contributed by atoms with Crippen LogP contribution in [-0.2, 0) is 22.7 Å². The molecule has 2 fully saturated rings. The van der Waals surface area contributed by atoms with E-state index in [1.807, 2.05) is 6.92 Å². The van der Waals surface area contributed by atoms with E-state index in [0.717, 1.165) is 12.3 Å². The number of halogens is 3. The molecular formula is C17H21F3N6O2S. The number of aryl methyl sites for hydroxylation is 2. The molecule has 0 spiro atoms. The summed E-state index contributed by atoms with van der Waals surface area (Å²) in [5.74, 6) is 0.689. The molecule has 0 amide bonds. The van der Waals surface area contributed by atoms with Gasteiger partial charge < -0.3 is 9.47 Å². The van der Waals surface area contributed by atoms with Crippen LogP contribution in [0.2, 0.25) is 0 Å². The summed E-state index contributed by atoms with van der Waals surface area (Å²) in [6, 6.07) is 0.839. The average molecular weight is 430 g/mol. The van der Waals surface area contributed by atoms with Gasteiger partial charge in [-0.1, -0.05) is 0 Å². The van der Waals surface area contributed by atoms with E-state index in [9.17, 15) is 21.6 Å². The summed E-state index contributed by atoms with van der Waals surface area (Å²) in [4.78, 5) is 13.5. The average Bonchev–Trinajstić information content (AvgIpc) is 3.33. The first kappa shape index (κ1) is 20.1. The molecule has 0 aromatic carbocycles. The second-order valence-corrected chi connectivity index (χ2v) is 9.28. The molecule has 0 bridgehead atoms. The van der Waals surface area contributed by atoms with Crippen molar-refractivity contribution in [3.05, 3.63) is 30.0 Å². The molecule has 2 aromatic heterocycles. The minimum absolute atomic E-state index is 0.0114. The Kier molecular flexibility index (Phi) is 4.80. The largest absolute Gasteiger partial charge is 0.433 e. The second-order valence-electron chi connectivity index (χ2n) is 7.40. The number of fused-ring (bicyclic) bond motifs is 1. The van der Waals surface area contributed by atoms with Crippen LogP contribution in [0.5, 0.6) is 0 Å². The molecule has 29 heavy (non-hydrogen) atoms. The van der Waals surface area contributed by atoms with Crippen LogP contribution in [-0.4, -0.2) is 58.4 Å². The Morgan fingerprint density at radius 3 is 2.34 bits per heavy atom. The summed E-state index contributed by atoms with van der Waals surface area (Å²) in [6.45, 7) is 5.75. The maximum atomic E-state index is 12.9. The van der Waals surface area contributed by atoms with E-state index in [2.05, 4.69) is 15.0 Å². The van der Waals surface area contributed by atoms with E-state index in [1.165, 1.54) is 4.31 Å².